The van der Waals surface area contributed by atoms with Crippen LogP contribution in [0.25, 0.3) is 10.9 Å². The van der Waals surface area contributed by atoms with Gasteiger partial charge in [-0.05, 0) is 26.0 Å². The van der Waals surface area contributed by atoms with Gasteiger partial charge in [0.1, 0.15) is 0 Å². The molecule has 1 aromatic carbocycles. The molecular weight excluding hydrogens is 190 g/mol. The molecule has 4 heteroatoms. The average Bonchev–Trinajstić information content (AvgIpc) is 2.62. The van der Waals surface area contributed by atoms with E-state index in [9.17, 15) is 4.79 Å². The minimum absolute atomic E-state index is 0.0542. The molecule has 1 amide bonds. The van der Waals surface area contributed by atoms with Crippen LogP contribution in [0.4, 0.5) is 0 Å². The van der Waals surface area contributed by atoms with E-state index in [2.05, 4.69) is 15.5 Å². The van der Waals surface area contributed by atoms with Crippen molar-refractivity contribution in [1.82, 2.24) is 15.5 Å². The van der Waals surface area contributed by atoms with Crippen LogP contribution in [0.5, 0.6) is 0 Å². The molecule has 0 fully saturated rings. The number of amides is 1. The molecule has 0 aliphatic rings. The third-order valence-electron chi connectivity index (χ3n) is 2.12. The van der Waals surface area contributed by atoms with Gasteiger partial charge in [0, 0.05) is 17.0 Å². The Hall–Kier alpha value is -1.84. The third kappa shape index (κ3) is 1.98. The van der Waals surface area contributed by atoms with Gasteiger partial charge in [0.25, 0.3) is 5.91 Å². The average molecular weight is 203 g/mol. The van der Waals surface area contributed by atoms with Gasteiger partial charge in [0.05, 0.1) is 11.7 Å². The first-order valence-electron chi connectivity index (χ1n) is 4.91. The van der Waals surface area contributed by atoms with Gasteiger partial charge in [-0.2, -0.15) is 5.10 Å². The number of aromatic nitrogens is 2. The lowest BCUT2D eigenvalue weighted by molar-refractivity contribution is 0.0943. The molecule has 2 aromatic rings. The zero-order valence-electron chi connectivity index (χ0n) is 8.74. The largest absolute Gasteiger partial charge is 0.350 e. The van der Waals surface area contributed by atoms with E-state index in [0.29, 0.717) is 5.56 Å². The number of nitrogens with zero attached hydrogens (tertiary/aromatic N) is 1. The van der Waals surface area contributed by atoms with Crippen molar-refractivity contribution in [2.75, 3.05) is 0 Å². The lowest BCUT2D eigenvalue weighted by Gasteiger charge is -2.07. The predicted octanol–water partition coefficient (Wildman–Crippen LogP) is 1.70. The quantitative estimate of drug-likeness (QED) is 0.780. The second-order valence-electron chi connectivity index (χ2n) is 3.80. The second kappa shape index (κ2) is 3.73. The first-order valence-corrected chi connectivity index (χ1v) is 4.91. The van der Waals surface area contributed by atoms with Gasteiger partial charge in [0.15, 0.2) is 0 Å². The molecule has 0 saturated heterocycles. The molecule has 4 nitrogen and oxygen atoms in total. The molecule has 0 atom stereocenters. The Kier molecular flexibility index (Phi) is 2.41. The number of hydrogen-bond donors (Lipinski definition) is 2. The van der Waals surface area contributed by atoms with Crippen LogP contribution in [0.2, 0.25) is 0 Å². The second-order valence-corrected chi connectivity index (χ2v) is 3.80. The number of benzene rings is 1. The summed E-state index contributed by atoms with van der Waals surface area (Å²) in [6, 6.07) is 5.64. The molecule has 0 spiro atoms. The SMILES string of the molecule is CC(C)NC(=O)c1ccc2cn[nH]c2c1. The fourth-order valence-electron chi connectivity index (χ4n) is 1.42. The van der Waals surface area contributed by atoms with E-state index in [-0.39, 0.29) is 11.9 Å². The summed E-state index contributed by atoms with van der Waals surface area (Å²) in [6.45, 7) is 3.87. The zero-order valence-corrected chi connectivity index (χ0v) is 8.74. The molecule has 1 heterocycles. The summed E-state index contributed by atoms with van der Waals surface area (Å²) in [7, 11) is 0. The monoisotopic (exact) mass is 203 g/mol. The van der Waals surface area contributed by atoms with Gasteiger partial charge in [0.2, 0.25) is 0 Å². The molecule has 0 aliphatic carbocycles. The number of aromatic amines is 1. The molecular formula is C11H13N3O. The Morgan fingerprint density at radius 2 is 2.27 bits per heavy atom. The number of hydrogen-bond acceptors (Lipinski definition) is 2. The van der Waals surface area contributed by atoms with Crippen molar-refractivity contribution >= 4 is 16.8 Å². The van der Waals surface area contributed by atoms with E-state index in [0.717, 1.165) is 10.9 Å². The van der Waals surface area contributed by atoms with Gasteiger partial charge in [-0.1, -0.05) is 6.07 Å². The smallest absolute Gasteiger partial charge is 0.251 e. The Morgan fingerprint density at radius 3 is 3.00 bits per heavy atom. The van der Waals surface area contributed by atoms with Gasteiger partial charge in [-0.25, -0.2) is 0 Å². The number of carbonyl (C=O) groups excluding carboxylic acids is 1. The topological polar surface area (TPSA) is 57.8 Å². The minimum Gasteiger partial charge on any atom is -0.350 e. The highest BCUT2D eigenvalue weighted by molar-refractivity contribution is 5.97. The molecule has 2 rings (SSSR count). The molecule has 0 aliphatic heterocycles. The highest BCUT2D eigenvalue weighted by atomic mass is 16.1. The molecule has 0 unspecified atom stereocenters. The predicted molar refractivity (Wildman–Crippen MR) is 58.7 cm³/mol. The lowest BCUT2D eigenvalue weighted by Crippen LogP contribution is -2.29. The van der Waals surface area contributed by atoms with Crippen molar-refractivity contribution in [1.29, 1.82) is 0 Å². The van der Waals surface area contributed by atoms with E-state index < -0.39 is 0 Å². The summed E-state index contributed by atoms with van der Waals surface area (Å²) in [6.07, 6.45) is 1.74. The molecule has 0 saturated carbocycles. The van der Waals surface area contributed by atoms with E-state index >= 15 is 0 Å². The van der Waals surface area contributed by atoms with Gasteiger partial charge < -0.3 is 5.32 Å². The Balaban J connectivity index is 2.31. The fraction of sp³-hybridized carbons (Fsp3) is 0.273. The Morgan fingerprint density at radius 1 is 1.47 bits per heavy atom. The molecule has 15 heavy (non-hydrogen) atoms. The normalized spacial score (nSPS) is 10.9. The number of fused-ring (bicyclic) bond motifs is 1. The van der Waals surface area contributed by atoms with Gasteiger partial charge in [-0.15, -0.1) is 0 Å². The van der Waals surface area contributed by atoms with Crippen LogP contribution in [0, 0.1) is 0 Å². The van der Waals surface area contributed by atoms with E-state index in [1.165, 1.54) is 0 Å². The Labute approximate surface area is 87.7 Å². The van der Waals surface area contributed by atoms with Crippen molar-refractivity contribution in [2.45, 2.75) is 19.9 Å². The van der Waals surface area contributed by atoms with E-state index in [4.69, 9.17) is 0 Å². The Bertz CT molecular complexity index is 487. The summed E-state index contributed by atoms with van der Waals surface area (Å²) < 4.78 is 0. The van der Waals surface area contributed by atoms with Gasteiger partial charge >= 0.3 is 0 Å². The summed E-state index contributed by atoms with van der Waals surface area (Å²) in [5, 5.41) is 10.6. The van der Waals surface area contributed by atoms with Crippen LogP contribution < -0.4 is 5.32 Å². The van der Waals surface area contributed by atoms with Crippen LogP contribution in [0.3, 0.4) is 0 Å². The molecule has 1 aromatic heterocycles. The van der Waals surface area contributed by atoms with E-state index in [1.807, 2.05) is 19.9 Å². The first kappa shape index (κ1) is 9.71. The summed E-state index contributed by atoms with van der Waals surface area (Å²) in [4.78, 5) is 11.7. The van der Waals surface area contributed by atoms with Crippen molar-refractivity contribution < 1.29 is 4.79 Å². The molecule has 0 radical (unpaired) electrons. The number of carbonyl (C=O) groups is 1. The maximum atomic E-state index is 11.7. The van der Waals surface area contributed by atoms with Crippen LogP contribution in [-0.2, 0) is 0 Å². The van der Waals surface area contributed by atoms with Crippen LogP contribution in [-0.4, -0.2) is 22.1 Å². The van der Waals surface area contributed by atoms with Crippen molar-refractivity contribution in [3.05, 3.63) is 30.0 Å². The van der Waals surface area contributed by atoms with Crippen LogP contribution >= 0.6 is 0 Å². The fourth-order valence-corrected chi connectivity index (χ4v) is 1.42. The van der Waals surface area contributed by atoms with Crippen LogP contribution in [0.15, 0.2) is 24.4 Å². The maximum absolute atomic E-state index is 11.7. The van der Waals surface area contributed by atoms with Crippen LogP contribution in [0.1, 0.15) is 24.2 Å². The van der Waals surface area contributed by atoms with E-state index in [1.54, 1.807) is 18.3 Å². The van der Waals surface area contributed by atoms with Crippen molar-refractivity contribution in [3.63, 3.8) is 0 Å². The highest BCUT2D eigenvalue weighted by Gasteiger charge is 2.07. The lowest BCUT2D eigenvalue weighted by atomic mass is 10.1. The standard InChI is InChI=1S/C11H13N3O/c1-7(2)13-11(15)8-3-4-9-6-12-14-10(9)5-8/h3-7H,1-2H3,(H,12,14)(H,13,15). The maximum Gasteiger partial charge on any atom is 0.251 e. The zero-order chi connectivity index (χ0) is 10.8. The summed E-state index contributed by atoms with van der Waals surface area (Å²) in [5.74, 6) is -0.0542. The number of nitrogens with one attached hydrogen (secondary N) is 2. The van der Waals surface area contributed by atoms with Crippen molar-refractivity contribution in [2.24, 2.45) is 0 Å². The third-order valence-corrected chi connectivity index (χ3v) is 2.12. The summed E-state index contributed by atoms with van der Waals surface area (Å²) in [5.41, 5.74) is 1.53. The minimum atomic E-state index is -0.0542. The molecule has 78 valence electrons. The molecule has 2 N–H and O–H groups in total. The number of rotatable bonds is 2. The number of H-pyrrole nitrogens is 1. The highest BCUT2D eigenvalue weighted by Crippen LogP contribution is 2.12. The molecule has 0 bridgehead atoms. The van der Waals surface area contributed by atoms with Crippen molar-refractivity contribution in [3.8, 4) is 0 Å². The summed E-state index contributed by atoms with van der Waals surface area (Å²) >= 11 is 0. The van der Waals surface area contributed by atoms with Gasteiger partial charge in [-0.3, -0.25) is 9.89 Å². The first-order chi connectivity index (χ1) is 7.16.